The number of benzene rings is 1. The summed E-state index contributed by atoms with van der Waals surface area (Å²) < 4.78 is 15.4. The summed E-state index contributed by atoms with van der Waals surface area (Å²) in [5, 5.41) is 12.5. The molecule has 1 atom stereocenters. The number of pyridine rings is 1. The van der Waals surface area contributed by atoms with Crippen LogP contribution in [-0.2, 0) is 19.6 Å². The lowest BCUT2D eigenvalue weighted by Crippen LogP contribution is -2.19. The lowest BCUT2D eigenvalue weighted by Gasteiger charge is -2.16. The van der Waals surface area contributed by atoms with E-state index in [2.05, 4.69) is 33.7 Å². The van der Waals surface area contributed by atoms with E-state index in [0.29, 0.717) is 36.9 Å². The van der Waals surface area contributed by atoms with E-state index in [1.54, 1.807) is 31.2 Å². The molecule has 0 saturated heterocycles. The molecule has 0 fully saturated rings. The average molecular weight is 410 g/mol. The van der Waals surface area contributed by atoms with Gasteiger partial charge in [0.05, 0.1) is 17.8 Å². The van der Waals surface area contributed by atoms with Crippen molar-refractivity contribution in [3.05, 3.63) is 82.4 Å². The molecule has 6 nitrogen and oxygen atoms in total. The summed E-state index contributed by atoms with van der Waals surface area (Å²) in [5.74, 6) is 0.0126. The fourth-order valence-corrected chi connectivity index (χ4v) is 3.38. The molecule has 0 amide bonds. The van der Waals surface area contributed by atoms with Gasteiger partial charge in [0.2, 0.25) is 0 Å². The molecule has 0 bridgehead atoms. The monoisotopic (exact) mass is 410 g/mol. The van der Waals surface area contributed by atoms with Crippen molar-refractivity contribution in [2.75, 3.05) is 0 Å². The molecule has 0 aliphatic carbocycles. The maximum absolute atomic E-state index is 13.3. The van der Waals surface area contributed by atoms with E-state index in [-0.39, 0.29) is 11.4 Å². The zero-order valence-corrected chi connectivity index (χ0v) is 17.5. The van der Waals surface area contributed by atoms with E-state index in [4.69, 9.17) is 0 Å². The van der Waals surface area contributed by atoms with Gasteiger partial charge in [-0.2, -0.15) is 0 Å². The number of nitrogens with zero attached hydrogens (tertiary/aromatic N) is 3. The smallest absolute Gasteiger partial charge is 0.335 e. The minimum Gasteiger partial charge on any atom is -0.478 e. The standard InChI is InChI=1S/C23H27FN4O2/c1-4-15(2)21-12-26-22(28(21)14-17-5-7-19(24)8-6-17)13-25-11-20-10-18(23(29)30)9-16(3)27-20/h5-10,12,15,25H,4,11,13-14H2,1-3H3,(H,29,30). The van der Waals surface area contributed by atoms with Crippen LogP contribution in [0.4, 0.5) is 4.39 Å². The van der Waals surface area contributed by atoms with Gasteiger partial charge in [0, 0.05) is 30.7 Å². The normalized spacial score (nSPS) is 12.1. The van der Waals surface area contributed by atoms with Gasteiger partial charge < -0.3 is 15.0 Å². The number of halogens is 1. The number of carboxylic acid groups (broad SMARTS) is 1. The summed E-state index contributed by atoms with van der Waals surface area (Å²) in [7, 11) is 0. The summed E-state index contributed by atoms with van der Waals surface area (Å²) in [6.45, 7) is 7.65. The molecule has 0 saturated carbocycles. The van der Waals surface area contributed by atoms with Crippen molar-refractivity contribution >= 4 is 5.97 Å². The highest BCUT2D eigenvalue weighted by molar-refractivity contribution is 5.87. The van der Waals surface area contributed by atoms with Crippen molar-refractivity contribution in [2.24, 2.45) is 0 Å². The first-order valence-electron chi connectivity index (χ1n) is 10.1. The van der Waals surface area contributed by atoms with Gasteiger partial charge in [-0.15, -0.1) is 0 Å². The van der Waals surface area contributed by atoms with Crippen molar-refractivity contribution in [1.29, 1.82) is 0 Å². The molecular weight excluding hydrogens is 383 g/mol. The van der Waals surface area contributed by atoms with E-state index in [9.17, 15) is 14.3 Å². The van der Waals surface area contributed by atoms with Crippen LogP contribution in [0, 0.1) is 12.7 Å². The molecule has 3 rings (SSSR count). The maximum Gasteiger partial charge on any atom is 0.335 e. The Hall–Kier alpha value is -3.06. The van der Waals surface area contributed by atoms with Crippen LogP contribution in [0.2, 0.25) is 0 Å². The molecule has 3 aromatic rings. The predicted molar refractivity (Wildman–Crippen MR) is 113 cm³/mol. The number of imidazole rings is 1. The Morgan fingerprint density at radius 3 is 2.63 bits per heavy atom. The second-order valence-electron chi connectivity index (χ2n) is 7.52. The van der Waals surface area contributed by atoms with Crippen LogP contribution in [-0.4, -0.2) is 25.6 Å². The van der Waals surface area contributed by atoms with Crippen molar-refractivity contribution in [1.82, 2.24) is 19.9 Å². The van der Waals surface area contributed by atoms with Crippen LogP contribution < -0.4 is 5.32 Å². The fourth-order valence-electron chi connectivity index (χ4n) is 3.38. The third-order valence-corrected chi connectivity index (χ3v) is 5.18. The number of aryl methyl sites for hydroxylation is 1. The molecule has 7 heteroatoms. The zero-order valence-electron chi connectivity index (χ0n) is 17.5. The summed E-state index contributed by atoms with van der Waals surface area (Å²) >= 11 is 0. The fraction of sp³-hybridized carbons (Fsp3) is 0.348. The summed E-state index contributed by atoms with van der Waals surface area (Å²) in [4.78, 5) is 20.3. The van der Waals surface area contributed by atoms with Crippen LogP contribution in [0.3, 0.4) is 0 Å². The van der Waals surface area contributed by atoms with Crippen LogP contribution in [0.15, 0.2) is 42.6 Å². The van der Waals surface area contributed by atoms with Crippen LogP contribution >= 0.6 is 0 Å². The molecule has 1 aromatic carbocycles. The highest BCUT2D eigenvalue weighted by Crippen LogP contribution is 2.22. The van der Waals surface area contributed by atoms with Crippen molar-refractivity contribution in [3.63, 3.8) is 0 Å². The van der Waals surface area contributed by atoms with E-state index < -0.39 is 5.97 Å². The molecular formula is C23H27FN4O2. The SMILES string of the molecule is CCC(C)c1cnc(CNCc2cc(C(=O)O)cc(C)n2)n1Cc1ccc(F)cc1. The number of carbonyl (C=O) groups is 1. The molecule has 158 valence electrons. The lowest BCUT2D eigenvalue weighted by molar-refractivity contribution is 0.0696. The minimum atomic E-state index is -0.963. The number of nitrogens with one attached hydrogen (secondary N) is 1. The quantitative estimate of drug-likeness (QED) is 0.551. The lowest BCUT2D eigenvalue weighted by atomic mass is 10.1. The first-order valence-corrected chi connectivity index (χ1v) is 10.1. The topological polar surface area (TPSA) is 80.0 Å². The van der Waals surface area contributed by atoms with Crippen molar-refractivity contribution in [2.45, 2.75) is 52.7 Å². The van der Waals surface area contributed by atoms with Gasteiger partial charge in [-0.3, -0.25) is 4.98 Å². The van der Waals surface area contributed by atoms with Gasteiger partial charge in [-0.05, 0) is 49.1 Å². The Balaban J connectivity index is 1.76. The Morgan fingerprint density at radius 2 is 1.97 bits per heavy atom. The minimum absolute atomic E-state index is 0.233. The maximum atomic E-state index is 13.3. The van der Waals surface area contributed by atoms with Crippen LogP contribution in [0.1, 0.15) is 65.0 Å². The first kappa shape index (κ1) is 21.6. The molecule has 2 heterocycles. The van der Waals surface area contributed by atoms with Crippen molar-refractivity contribution < 1.29 is 14.3 Å². The largest absolute Gasteiger partial charge is 0.478 e. The van der Waals surface area contributed by atoms with E-state index in [0.717, 1.165) is 23.5 Å². The summed E-state index contributed by atoms with van der Waals surface area (Å²) in [6.07, 6.45) is 2.90. The van der Waals surface area contributed by atoms with E-state index >= 15 is 0 Å². The van der Waals surface area contributed by atoms with Gasteiger partial charge in [-0.25, -0.2) is 14.2 Å². The van der Waals surface area contributed by atoms with Gasteiger partial charge in [-0.1, -0.05) is 26.0 Å². The number of hydrogen-bond acceptors (Lipinski definition) is 4. The van der Waals surface area contributed by atoms with Crippen LogP contribution in [0.25, 0.3) is 0 Å². The Kier molecular flexibility index (Phi) is 6.95. The summed E-state index contributed by atoms with van der Waals surface area (Å²) in [5.41, 5.74) is 3.72. The molecule has 0 aliphatic heterocycles. The second-order valence-corrected chi connectivity index (χ2v) is 7.52. The van der Waals surface area contributed by atoms with Crippen LogP contribution in [0.5, 0.6) is 0 Å². The Bertz CT molecular complexity index is 1010. The average Bonchev–Trinajstić information content (AvgIpc) is 3.11. The Labute approximate surface area is 175 Å². The third-order valence-electron chi connectivity index (χ3n) is 5.18. The van der Waals surface area contributed by atoms with Crippen molar-refractivity contribution in [3.8, 4) is 0 Å². The molecule has 2 N–H and O–H groups in total. The third kappa shape index (κ3) is 5.30. The Morgan fingerprint density at radius 1 is 1.23 bits per heavy atom. The molecule has 30 heavy (non-hydrogen) atoms. The van der Waals surface area contributed by atoms with Gasteiger partial charge >= 0.3 is 5.97 Å². The number of rotatable bonds is 9. The number of carboxylic acids is 1. The molecule has 0 radical (unpaired) electrons. The predicted octanol–water partition coefficient (Wildman–Crippen LogP) is 4.28. The summed E-state index contributed by atoms with van der Waals surface area (Å²) in [6, 6.07) is 9.65. The van der Waals surface area contributed by atoms with Gasteiger partial charge in [0.15, 0.2) is 0 Å². The molecule has 2 aromatic heterocycles. The first-order chi connectivity index (χ1) is 14.4. The molecule has 0 aliphatic rings. The number of hydrogen-bond donors (Lipinski definition) is 2. The number of aromatic nitrogens is 3. The highest BCUT2D eigenvalue weighted by Gasteiger charge is 2.15. The van der Waals surface area contributed by atoms with E-state index in [1.807, 2.05) is 6.20 Å². The highest BCUT2D eigenvalue weighted by atomic mass is 19.1. The molecule has 1 unspecified atom stereocenters. The number of aromatic carboxylic acids is 1. The van der Waals surface area contributed by atoms with E-state index in [1.165, 1.54) is 12.1 Å². The second kappa shape index (κ2) is 9.63. The molecule has 0 spiro atoms. The van der Waals surface area contributed by atoms with Gasteiger partial charge in [0.25, 0.3) is 0 Å². The zero-order chi connectivity index (χ0) is 21.7. The van der Waals surface area contributed by atoms with Gasteiger partial charge in [0.1, 0.15) is 11.6 Å².